The van der Waals surface area contributed by atoms with Gasteiger partial charge in [-0.15, -0.1) is 0 Å². The van der Waals surface area contributed by atoms with Gasteiger partial charge in [0.05, 0.1) is 22.8 Å². The normalized spacial score (nSPS) is 16.8. The third-order valence-electron chi connectivity index (χ3n) is 12.7. The molecule has 58 heavy (non-hydrogen) atoms. The summed E-state index contributed by atoms with van der Waals surface area (Å²) in [6.45, 7) is 4.81. The average Bonchev–Trinajstić information content (AvgIpc) is 3.90. The van der Waals surface area contributed by atoms with Gasteiger partial charge < -0.3 is 14.0 Å². The SMILES string of the molecule is CC1(C)c2cc(C3=CC=C(N(c4ccc(-c5ccccc5)cc4)C4C=CC(c5ccccc5)=CC4)CC3)ccc2-n2cc3c4ccccc4n(-c4ccccc4)c3c21. The Morgan fingerprint density at radius 2 is 1.29 bits per heavy atom. The molecule has 1 atom stereocenters. The Kier molecular flexibility index (Phi) is 8.11. The van der Waals surface area contributed by atoms with E-state index in [1.54, 1.807) is 0 Å². The van der Waals surface area contributed by atoms with Crippen molar-refractivity contribution in [1.82, 2.24) is 9.13 Å². The fourth-order valence-corrected chi connectivity index (χ4v) is 9.87. The van der Waals surface area contributed by atoms with E-state index >= 15 is 0 Å². The van der Waals surface area contributed by atoms with Gasteiger partial charge in [-0.3, -0.25) is 0 Å². The molecule has 8 aromatic rings. The third kappa shape index (κ3) is 5.56. The number of para-hydroxylation sites is 2. The molecule has 0 N–H and O–H groups in total. The van der Waals surface area contributed by atoms with Crippen LogP contribution in [-0.4, -0.2) is 15.2 Å². The predicted molar refractivity (Wildman–Crippen MR) is 244 cm³/mol. The molecule has 1 aliphatic heterocycles. The minimum absolute atomic E-state index is 0.188. The Labute approximate surface area is 340 Å². The largest absolute Gasteiger partial charge is 0.338 e. The lowest BCUT2D eigenvalue weighted by Gasteiger charge is -2.36. The highest BCUT2D eigenvalue weighted by Gasteiger charge is 2.40. The first-order valence-electron chi connectivity index (χ1n) is 20.7. The van der Waals surface area contributed by atoms with Crippen LogP contribution in [0.15, 0.2) is 200 Å². The van der Waals surface area contributed by atoms with Crippen LogP contribution in [0.5, 0.6) is 0 Å². The van der Waals surface area contributed by atoms with Crippen molar-refractivity contribution in [1.29, 1.82) is 0 Å². The van der Waals surface area contributed by atoms with E-state index in [1.165, 1.54) is 89.2 Å². The fraction of sp³-hybridized carbons (Fsp3) is 0.127. The summed E-state index contributed by atoms with van der Waals surface area (Å²) in [4.78, 5) is 2.58. The lowest BCUT2D eigenvalue weighted by molar-refractivity contribution is 0.646. The van der Waals surface area contributed by atoms with E-state index in [-0.39, 0.29) is 11.5 Å². The number of aromatic nitrogens is 2. The van der Waals surface area contributed by atoms with Crippen molar-refractivity contribution in [3.8, 4) is 22.5 Å². The molecule has 3 aliphatic rings. The van der Waals surface area contributed by atoms with Crippen molar-refractivity contribution in [3.05, 3.63) is 222 Å². The highest BCUT2D eigenvalue weighted by molar-refractivity contribution is 6.11. The van der Waals surface area contributed by atoms with Gasteiger partial charge in [-0.05, 0) is 107 Å². The second kappa shape index (κ2) is 13.7. The molecule has 0 radical (unpaired) electrons. The van der Waals surface area contributed by atoms with Crippen LogP contribution in [0.2, 0.25) is 0 Å². The standard InChI is InChI=1S/C55H45N3/c1-55(2)50-36-43(28-35-52(50)56-37-49-48-20-12-13-21-51(48)58(53(49)54(55)56)44-18-10-5-11-19-44)42-26-33-47(34-27-42)57(45-29-22-40(23-30-45)38-14-6-3-7-15-38)46-31-24-41(25-32-46)39-16-8-4-9-17-39/h3-26,28-31,33,35-37,46H,27,32,34H2,1-2H3. The van der Waals surface area contributed by atoms with Crippen LogP contribution in [0.25, 0.3) is 55.5 Å². The lowest BCUT2D eigenvalue weighted by atomic mass is 9.81. The van der Waals surface area contributed by atoms with Crippen LogP contribution in [0.4, 0.5) is 5.69 Å². The predicted octanol–water partition coefficient (Wildman–Crippen LogP) is 13.9. The second-order valence-corrected chi connectivity index (χ2v) is 16.5. The van der Waals surface area contributed by atoms with Gasteiger partial charge >= 0.3 is 0 Å². The highest BCUT2D eigenvalue weighted by atomic mass is 15.2. The van der Waals surface area contributed by atoms with E-state index < -0.39 is 0 Å². The monoisotopic (exact) mass is 747 g/mol. The molecule has 6 aromatic carbocycles. The molecule has 0 saturated heterocycles. The van der Waals surface area contributed by atoms with Crippen LogP contribution in [0.1, 0.15) is 55.5 Å². The first kappa shape index (κ1) is 34.4. The molecule has 11 rings (SSSR count). The van der Waals surface area contributed by atoms with E-state index in [2.05, 4.69) is 222 Å². The molecule has 280 valence electrons. The summed E-state index contributed by atoms with van der Waals surface area (Å²) in [5.41, 5.74) is 17.9. The zero-order chi connectivity index (χ0) is 38.8. The van der Waals surface area contributed by atoms with Crippen LogP contribution >= 0.6 is 0 Å². The molecule has 3 nitrogen and oxygen atoms in total. The molecular formula is C55H45N3. The summed E-state index contributed by atoms with van der Waals surface area (Å²) < 4.78 is 4.95. The van der Waals surface area contributed by atoms with Crippen molar-refractivity contribution < 1.29 is 0 Å². The molecule has 1 unspecified atom stereocenters. The van der Waals surface area contributed by atoms with Gasteiger partial charge in [0.25, 0.3) is 0 Å². The number of rotatable bonds is 7. The minimum atomic E-state index is -0.188. The Bertz CT molecular complexity index is 2970. The maximum absolute atomic E-state index is 2.58. The highest BCUT2D eigenvalue weighted by Crippen LogP contribution is 2.50. The molecular weight excluding hydrogens is 703 g/mol. The molecule has 2 aromatic heterocycles. The molecule has 0 spiro atoms. The van der Waals surface area contributed by atoms with Gasteiger partial charge in [-0.25, -0.2) is 0 Å². The van der Waals surface area contributed by atoms with Crippen LogP contribution in [0, 0.1) is 0 Å². The number of allylic oxidation sites excluding steroid dienone is 6. The van der Waals surface area contributed by atoms with Gasteiger partial charge in [-0.2, -0.15) is 0 Å². The maximum Gasteiger partial charge on any atom is 0.0763 e. The van der Waals surface area contributed by atoms with Gasteiger partial charge in [0, 0.05) is 45.1 Å². The van der Waals surface area contributed by atoms with Crippen molar-refractivity contribution in [2.75, 3.05) is 4.90 Å². The number of hydrogen-bond donors (Lipinski definition) is 0. The van der Waals surface area contributed by atoms with E-state index in [0.717, 1.165) is 19.3 Å². The van der Waals surface area contributed by atoms with Gasteiger partial charge in [0.1, 0.15) is 0 Å². The molecule has 0 bridgehead atoms. The summed E-state index contributed by atoms with van der Waals surface area (Å²) in [6, 6.07) is 57.7. The van der Waals surface area contributed by atoms with Gasteiger partial charge in [0.2, 0.25) is 0 Å². The summed E-state index contributed by atoms with van der Waals surface area (Å²) >= 11 is 0. The maximum atomic E-state index is 2.58. The van der Waals surface area contributed by atoms with Crippen LogP contribution in [-0.2, 0) is 5.41 Å². The fourth-order valence-electron chi connectivity index (χ4n) is 9.87. The van der Waals surface area contributed by atoms with Crippen molar-refractivity contribution in [2.24, 2.45) is 0 Å². The molecule has 3 heterocycles. The third-order valence-corrected chi connectivity index (χ3v) is 12.7. The molecule has 3 heteroatoms. The van der Waals surface area contributed by atoms with E-state index in [4.69, 9.17) is 0 Å². The number of nitrogens with zero attached hydrogens (tertiary/aromatic N) is 3. The van der Waals surface area contributed by atoms with Crippen LogP contribution in [0.3, 0.4) is 0 Å². The van der Waals surface area contributed by atoms with Crippen molar-refractivity contribution in [2.45, 2.75) is 44.6 Å². The smallest absolute Gasteiger partial charge is 0.0763 e. The van der Waals surface area contributed by atoms with E-state index in [0.29, 0.717) is 0 Å². The number of benzene rings is 6. The molecule has 0 fully saturated rings. The summed E-state index contributed by atoms with van der Waals surface area (Å²) in [5, 5.41) is 2.61. The van der Waals surface area contributed by atoms with E-state index in [1.807, 2.05) is 0 Å². The topological polar surface area (TPSA) is 13.1 Å². The molecule has 2 aliphatic carbocycles. The second-order valence-electron chi connectivity index (χ2n) is 16.5. The lowest BCUT2D eigenvalue weighted by Crippen LogP contribution is -2.34. The summed E-state index contributed by atoms with van der Waals surface area (Å²) in [5.74, 6) is 0. The van der Waals surface area contributed by atoms with Gasteiger partial charge in [-0.1, -0.05) is 153 Å². The number of fused-ring (bicyclic) bond motifs is 7. The minimum Gasteiger partial charge on any atom is -0.338 e. The van der Waals surface area contributed by atoms with Crippen molar-refractivity contribution >= 4 is 38.6 Å². The summed E-state index contributed by atoms with van der Waals surface area (Å²) in [6.07, 6.45) is 17.2. The van der Waals surface area contributed by atoms with Crippen LogP contribution < -0.4 is 4.90 Å². The average molecular weight is 748 g/mol. The van der Waals surface area contributed by atoms with E-state index in [9.17, 15) is 0 Å². The zero-order valence-electron chi connectivity index (χ0n) is 33.0. The Balaban J connectivity index is 0.946. The number of hydrogen-bond acceptors (Lipinski definition) is 1. The molecule has 0 saturated carbocycles. The first-order valence-corrected chi connectivity index (χ1v) is 20.7. The quantitative estimate of drug-likeness (QED) is 0.158. The summed E-state index contributed by atoms with van der Waals surface area (Å²) in [7, 11) is 0. The first-order chi connectivity index (χ1) is 28.5. The Hall–Kier alpha value is -6.84. The molecule has 0 amide bonds. The Morgan fingerprint density at radius 3 is 2.00 bits per heavy atom. The Morgan fingerprint density at radius 1 is 0.621 bits per heavy atom. The van der Waals surface area contributed by atoms with Crippen molar-refractivity contribution in [3.63, 3.8) is 0 Å². The number of anilines is 1. The van der Waals surface area contributed by atoms with Gasteiger partial charge in [0.15, 0.2) is 0 Å². The zero-order valence-corrected chi connectivity index (χ0v) is 33.0.